The van der Waals surface area contributed by atoms with E-state index in [9.17, 15) is 4.79 Å². The maximum atomic E-state index is 12.3. The third-order valence-corrected chi connectivity index (χ3v) is 4.71. The van der Waals surface area contributed by atoms with Gasteiger partial charge in [-0.2, -0.15) is 0 Å². The molecule has 2 rings (SSSR count). The Labute approximate surface area is 168 Å². The molecule has 0 saturated carbocycles. The van der Waals surface area contributed by atoms with Crippen LogP contribution in [0.3, 0.4) is 0 Å². The Hall–Kier alpha value is -2.04. The molecule has 148 valence electrons. The summed E-state index contributed by atoms with van der Waals surface area (Å²) in [6, 6.07) is 15.9. The first kappa shape index (κ1) is 23.0. The molecule has 0 aliphatic carbocycles. The SMILES string of the molecule is COc1ccccc1C(C)CC(=O)NCC(N)c1ccc(C(C)C)cc1.Cl. The first-order valence-corrected chi connectivity index (χ1v) is 9.17. The lowest BCUT2D eigenvalue weighted by Crippen LogP contribution is -2.32. The van der Waals surface area contributed by atoms with Gasteiger partial charge in [0.1, 0.15) is 5.75 Å². The number of nitrogens with one attached hydrogen (secondary N) is 1. The minimum atomic E-state index is -0.207. The smallest absolute Gasteiger partial charge is 0.220 e. The van der Waals surface area contributed by atoms with Crippen molar-refractivity contribution in [3.05, 3.63) is 65.2 Å². The van der Waals surface area contributed by atoms with Gasteiger partial charge in [-0.3, -0.25) is 4.79 Å². The maximum Gasteiger partial charge on any atom is 0.220 e. The van der Waals surface area contributed by atoms with E-state index in [1.54, 1.807) is 7.11 Å². The highest BCUT2D eigenvalue weighted by Crippen LogP contribution is 2.28. The van der Waals surface area contributed by atoms with Crippen molar-refractivity contribution in [3.63, 3.8) is 0 Å². The number of benzene rings is 2. The van der Waals surface area contributed by atoms with E-state index in [1.807, 2.05) is 43.3 Å². The summed E-state index contributed by atoms with van der Waals surface area (Å²) in [5.41, 5.74) is 9.59. The lowest BCUT2D eigenvalue weighted by atomic mass is 9.96. The largest absolute Gasteiger partial charge is 0.496 e. The van der Waals surface area contributed by atoms with Crippen molar-refractivity contribution < 1.29 is 9.53 Å². The number of para-hydroxylation sites is 1. The van der Waals surface area contributed by atoms with Crippen LogP contribution in [0.5, 0.6) is 5.75 Å². The van der Waals surface area contributed by atoms with Crippen LogP contribution in [-0.4, -0.2) is 19.6 Å². The van der Waals surface area contributed by atoms with Crippen molar-refractivity contribution in [2.45, 2.75) is 45.1 Å². The first-order chi connectivity index (χ1) is 12.4. The van der Waals surface area contributed by atoms with Crippen LogP contribution in [0.2, 0.25) is 0 Å². The fraction of sp³-hybridized carbons (Fsp3) is 0.409. The molecule has 2 aromatic carbocycles. The third kappa shape index (κ3) is 6.56. The highest BCUT2D eigenvalue weighted by Gasteiger charge is 2.16. The zero-order chi connectivity index (χ0) is 19.1. The van der Waals surface area contributed by atoms with E-state index in [0.717, 1.165) is 16.9 Å². The standard InChI is InChI=1S/C22H30N2O2.ClH/c1-15(2)17-9-11-18(12-10-17)20(23)14-24-22(25)13-16(3)19-7-5-6-8-21(19)26-4;/h5-12,15-16,20H,13-14,23H2,1-4H3,(H,24,25);1H. The van der Waals surface area contributed by atoms with E-state index in [0.29, 0.717) is 18.9 Å². The van der Waals surface area contributed by atoms with Gasteiger partial charge < -0.3 is 15.8 Å². The van der Waals surface area contributed by atoms with Gasteiger partial charge in [0, 0.05) is 19.0 Å². The van der Waals surface area contributed by atoms with Crippen molar-refractivity contribution in [3.8, 4) is 5.75 Å². The van der Waals surface area contributed by atoms with Gasteiger partial charge in [0.25, 0.3) is 0 Å². The molecule has 0 saturated heterocycles. The van der Waals surface area contributed by atoms with E-state index >= 15 is 0 Å². The molecule has 2 unspecified atom stereocenters. The predicted octanol–water partition coefficient (Wildman–Crippen LogP) is 4.55. The average molecular weight is 391 g/mol. The van der Waals surface area contributed by atoms with Crippen molar-refractivity contribution >= 4 is 18.3 Å². The number of carbonyl (C=O) groups excluding carboxylic acids is 1. The van der Waals surface area contributed by atoms with E-state index in [4.69, 9.17) is 10.5 Å². The molecule has 3 N–H and O–H groups in total. The minimum absolute atomic E-state index is 0. The molecule has 0 bridgehead atoms. The highest BCUT2D eigenvalue weighted by atomic mass is 35.5. The van der Waals surface area contributed by atoms with Crippen molar-refractivity contribution in [1.29, 1.82) is 0 Å². The molecule has 5 heteroatoms. The molecular formula is C22H31ClN2O2. The molecule has 4 nitrogen and oxygen atoms in total. The number of hydrogen-bond acceptors (Lipinski definition) is 3. The number of methoxy groups -OCH3 is 1. The van der Waals surface area contributed by atoms with E-state index < -0.39 is 0 Å². The second-order valence-electron chi connectivity index (χ2n) is 7.08. The number of hydrogen-bond donors (Lipinski definition) is 2. The van der Waals surface area contributed by atoms with Crippen LogP contribution in [0, 0.1) is 0 Å². The molecule has 0 aliphatic heterocycles. The zero-order valence-electron chi connectivity index (χ0n) is 16.6. The Kier molecular flexibility index (Phi) is 9.33. The van der Waals surface area contributed by atoms with Crippen LogP contribution in [0.25, 0.3) is 0 Å². The fourth-order valence-electron chi connectivity index (χ4n) is 3.00. The van der Waals surface area contributed by atoms with E-state index in [1.165, 1.54) is 5.56 Å². The third-order valence-electron chi connectivity index (χ3n) is 4.71. The summed E-state index contributed by atoms with van der Waals surface area (Å²) in [5.74, 6) is 1.39. The monoisotopic (exact) mass is 390 g/mol. The van der Waals surface area contributed by atoms with Gasteiger partial charge in [0.15, 0.2) is 0 Å². The number of carbonyl (C=O) groups is 1. The van der Waals surface area contributed by atoms with Crippen LogP contribution in [0.4, 0.5) is 0 Å². The van der Waals surface area contributed by atoms with Crippen LogP contribution < -0.4 is 15.8 Å². The average Bonchev–Trinajstić information content (AvgIpc) is 2.66. The van der Waals surface area contributed by atoms with Crippen molar-refractivity contribution in [2.75, 3.05) is 13.7 Å². The van der Waals surface area contributed by atoms with Gasteiger partial charge in [-0.15, -0.1) is 12.4 Å². The summed E-state index contributed by atoms with van der Waals surface area (Å²) in [7, 11) is 1.65. The number of ether oxygens (including phenoxy) is 1. The maximum absolute atomic E-state index is 12.3. The Morgan fingerprint density at radius 2 is 1.63 bits per heavy atom. The quantitative estimate of drug-likeness (QED) is 0.694. The molecule has 27 heavy (non-hydrogen) atoms. The van der Waals surface area contributed by atoms with Gasteiger partial charge in [0.2, 0.25) is 5.91 Å². The summed E-state index contributed by atoms with van der Waals surface area (Å²) >= 11 is 0. The lowest BCUT2D eigenvalue weighted by molar-refractivity contribution is -0.121. The molecule has 2 atom stereocenters. The highest BCUT2D eigenvalue weighted by molar-refractivity contribution is 5.85. The van der Waals surface area contributed by atoms with Gasteiger partial charge in [-0.25, -0.2) is 0 Å². The molecule has 2 aromatic rings. The molecule has 0 radical (unpaired) electrons. The first-order valence-electron chi connectivity index (χ1n) is 9.17. The van der Waals surface area contributed by atoms with Gasteiger partial charge in [-0.05, 0) is 34.6 Å². The van der Waals surface area contributed by atoms with Crippen molar-refractivity contribution in [1.82, 2.24) is 5.32 Å². The summed E-state index contributed by atoms with van der Waals surface area (Å²) in [4.78, 5) is 12.3. The topological polar surface area (TPSA) is 64.3 Å². The van der Waals surface area contributed by atoms with Gasteiger partial charge >= 0.3 is 0 Å². The Bertz CT molecular complexity index is 717. The molecule has 0 aromatic heterocycles. The summed E-state index contributed by atoms with van der Waals surface area (Å²) in [6.45, 7) is 6.79. The number of nitrogens with two attached hydrogens (primary N) is 1. The fourth-order valence-corrected chi connectivity index (χ4v) is 3.00. The summed E-state index contributed by atoms with van der Waals surface area (Å²) in [5, 5.41) is 2.95. The zero-order valence-corrected chi connectivity index (χ0v) is 17.4. The van der Waals surface area contributed by atoms with Gasteiger partial charge in [0.05, 0.1) is 7.11 Å². The molecule has 0 spiro atoms. The Balaban J connectivity index is 0.00000364. The normalized spacial score (nSPS) is 12.8. The van der Waals surface area contributed by atoms with E-state index in [-0.39, 0.29) is 30.3 Å². The summed E-state index contributed by atoms with van der Waals surface area (Å²) < 4.78 is 5.38. The van der Waals surface area contributed by atoms with Crippen molar-refractivity contribution in [2.24, 2.45) is 5.73 Å². The minimum Gasteiger partial charge on any atom is -0.496 e. The Morgan fingerprint density at radius 3 is 2.22 bits per heavy atom. The number of rotatable bonds is 8. The summed E-state index contributed by atoms with van der Waals surface area (Å²) in [6.07, 6.45) is 0.402. The molecule has 0 aliphatic rings. The second-order valence-corrected chi connectivity index (χ2v) is 7.08. The molecule has 0 heterocycles. The number of amides is 1. The Morgan fingerprint density at radius 1 is 1.04 bits per heavy atom. The van der Waals surface area contributed by atoms with Gasteiger partial charge in [-0.1, -0.05) is 63.2 Å². The van der Waals surface area contributed by atoms with Crippen LogP contribution in [-0.2, 0) is 4.79 Å². The van der Waals surface area contributed by atoms with Crippen LogP contribution in [0.15, 0.2) is 48.5 Å². The molecular weight excluding hydrogens is 360 g/mol. The van der Waals surface area contributed by atoms with Crippen LogP contribution in [0.1, 0.15) is 61.8 Å². The van der Waals surface area contributed by atoms with E-state index in [2.05, 4.69) is 31.3 Å². The molecule has 0 fully saturated rings. The predicted molar refractivity (Wildman–Crippen MR) is 114 cm³/mol. The second kappa shape index (κ2) is 11.0. The molecule has 1 amide bonds. The number of halogens is 1. The van der Waals surface area contributed by atoms with Crippen LogP contribution >= 0.6 is 12.4 Å². The lowest BCUT2D eigenvalue weighted by Gasteiger charge is -2.17.